The zero-order chi connectivity index (χ0) is 21.6. The zero-order valence-electron chi connectivity index (χ0n) is 14.8. The summed E-state index contributed by atoms with van der Waals surface area (Å²) in [5.41, 5.74) is -0.934. The van der Waals surface area contributed by atoms with Gasteiger partial charge in [0.2, 0.25) is 0 Å². The molecule has 0 bridgehead atoms. The Hall–Kier alpha value is -4.08. The van der Waals surface area contributed by atoms with Crippen LogP contribution in [-0.4, -0.2) is 57.5 Å². The Morgan fingerprint density at radius 3 is 1.07 bits per heavy atom. The van der Waals surface area contributed by atoms with Gasteiger partial charge in [0.1, 0.15) is 11.5 Å². The molecule has 152 valence electrons. The summed E-state index contributed by atoms with van der Waals surface area (Å²) in [5, 5.41) is 36.1. The number of hydrogen-bond acceptors (Lipinski definition) is 6. The average molecular weight is 404 g/mol. The topological polar surface area (TPSA) is 168 Å². The molecule has 0 fully saturated rings. The van der Waals surface area contributed by atoms with Gasteiger partial charge in [-0.05, 0) is 36.4 Å². The molecule has 0 spiro atoms. The van der Waals surface area contributed by atoms with E-state index in [1.807, 2.05) is 0 Å². The minimum absolute atomic E-state index is 0.0482. The maximum Gasteiger partial charge on any atom is 0.335 e. The van der Waals surface area contributed by atoms with Gasteiger partial charge in [0.05, 0.1) is 35.5 Å². The van der Waals surface area contributed by atoms with Crippen LogP contribution in [-0.2, 0) is 0 Å². The minimum atomic E-state index is -1.30. The lowest BCUT2D eigenvalue weighted by atomic mass is 10.1. The van der Waals surface area contributed by atoms with Gasteiger partial charge >= 0.3 is 23.9 Å². The molecular formula is C19H16O10. The Balaban J connectivity index is 1.97. The largest absolute Gasteiger partial charge is 0.493 e. The van der Waals surface area contributed by atoms with Gasteiger partial charge in [0.25, 0.3) is 0 Å². The Morgan fingerprint density at radius 1 is 0.552 bits per heavy atom. The summed E-state index contributed by atoms with van der Waals surface area (Å²) in [5.74, 6) is -5.07. The first-order valence-electron chi connectivity index (χ1n) is 8.16. The second-order valence-corrected chi connectivity index (χ2v) is 5.76. The van der Waals surface area contributed by atoms with E-state index in [4.69, 9.17) is 29.9 Å². The highest BCUT2D eigenvalue weighted by Gasteiger charge is 2.13. The lowest BCUT2D eigenvalue weighted by molar-refractivity contribution is 0.0675. The third-order valence-corrected chi connectivity index (χ3v) is 3.63. The molecule has 0 aliphatic rings. The molecule has 0 aromatic heterocycles. The van der Waals surface area contributed by atoms with Crippen LogP contribution in [0.4, 0.5) is 0 Å². The Kier molecular flexibility index (Phi) is 6.75. The number of carbonyl (C=O) groups is 4. The molecule has 0 saturated heterocycles. The fraction of sp³-hybridized carbons (Fsp3) is 0.158. The van der Waals surface area contributed by atoms with Crippen molar-refractivity contribution < 1.29 is 49.1 Å². The average Bonchev–Trinajstić information content (AvgIpc) is 2.67. The number of aromatic carboxylic acids is 4. The normalized spacial score (nSPS) is 10.2. The third kappa shape index (κ3) is 5.96. The van der Waals surface area contributed by atoms with Gasteiger partial charge in [-0.25, -0.2) is 19.2 Å². The van der Waals surface area contributed by atoms with E-state index in [0.29, 0.717) is 0 Å². The summed E-state index contributed by atoms with van der Waals surface area (Å²) < 4.78 is 10.7. The van der Waals surface area contributed by atoms with Crippen molar-refractivity contribution in [3.8, 4) is 11.5 Å². The summed E-state index contributed by atoms with van der Waals surface area (Å²) in [6, 6.07) is 6.76. The van der Waals surface area contributed by atoms with E-state index < -0.39 is 23.9 Å². The summed E-state index contributed by atoms with van der Waals surface area (Å²) in [7, 11) is 0. The lowest BCUT2D eigenvalue weighted by Gasteiger charge is -2.10. The van der Waals surface area contributed by atoms with Crippen molar-refractivity contribution in [2.75, 3.05) is 13.2 Å². The van der Waals surface area contributed by atoms with Crippen molar-refractivity contribution in [2.45, 2.75) is 6.42 Å². The van der Waals surface area contributed by atoms with Crippen LogP contribution in [0.5, 0.6) is 11.5 Å². The molecule has 2 rings (SSSR count). The molecule has 0 radical (unpaired) electrons. The Bertz CT molecular complexity index is 821. The van der Waals surface area contributed by atoms with Crippen molar-refractivity contribution in [2.24, 2.45) is 0 Å². The second kappa shape index (κ2) is 9.22. The number of rotatable bonds is 10. The molecule has 0 amide bonds. The van der Waals surface area contributed by atoms with Crippen molar-refractivity contribution in [3.63, 3.8) is 0 Å². The van der Waals surface area contributed by atoms with Crippen LogP contribution in [0.1, 0.15) is 47.9 Å². The number of carboxylic acid groups (broad SMARTS) is 4. The smallest absolute Gasteiger partial charge is 0.335 e. The molecule has 0 aliphatic carbocycles. The standard InChI is InChI=1S/C19H16O10/c20-16(21)10-4-11(17(22)23)7-14(6-10)28-2-1-3-29-15-8-12(18(24)25)5-13(9-15)19(26)27/h4-9H,1-3H2,(H,20,21)(H,22,23)(H,24,25)(H,26,27). The first-order valence-corrected chi connectivity index (χ1v) is 8.16. The maximum absolute atomic E-state index is 11.1. The highest BCUT2D eigenvalue weighted by molar-refractivity contribution is 5.95. The van der Waals surface area contributed by atoms with Gasteiger partial charge in [0, 0.05) is 6.42 Å². The zero-order valence-corrected chi connectivity index (χ0v) is 14.8. The summed E-state index contributed by atoms with van der Waals surface area (Å²) >= 11 is 0. The predicted molar refractivity (Wildman–Crippen MR) is 96.3 cm³/mol. The second-order valence-electron chi connectivity index (χ2n) is 5.76. The quantitative estimate of drug-likeness (QED) is 0.431. The van der Waals surface area contributed by atoms with E-state index in [1.165, 1.54) is 24.3 Å². The van der Waals surface area contributed by atoms with Crippen molar-refractivity contribution in [1.82, 2.24) is 0 Å². The fourth-order valence-corrected chi connectivity index (χ4v) is 2.30. The maximum atomic E-state index is 11.1. The third-order valence-electron chi connectivity index (χ3n) is 3.63. The molecule has 0 atom stereocenters. The highest BCUT2D eigenvalue weighted by atomic mass is 16.5. The van der Waals surface area contributed by atoms with Crippen LogP contribution in [0.15, 0.2) is 36.4 Å². The number of ether oxygens (including phenoxy) is 2. The molecule has 10 heteroatoms. The molecule has 0 heterocycles. The molecule has 2 aromatic carbocycles. The molecule has 0 aliphatic heterocycles. The van der Waals surface area contributed by atoms with Crippen LogP contribution in [0.25, 0.3) is 0 Å². The van der Waals surface area contributed by atoms with Gasteiger partial charge in [0.15, 0.2) is 0 Å². The highest BCUT2D eigenvalue weighted by Crippen LogP contribution is 2.20. The molecule has 0 unspecified atom stereocenters. The van der Waals surface area contributed by atoms with Crippen LogP contribution in [0.2, 0.25) is 0 Å². The van der Waals surface area contributed by atoms with Crippen LogP contribution in [0.3, 0.4) is 0 Å². The van der Waals surface area contributed by atoms with Crippen LogP contribution >= 0.6 is 0 Å². The van der Waals surface area contributed by atoms with Gasteiger partial charge in [-0.15, -0.1) is 0 Å². The van der Waals surface area contributed by atoms with E-state index in [-0.39, 0.29) is 53.4 Å². The first-order chi connectivity index (χ1) is 13.7. The SMILES string of the molecule is O=C(O)c1cc(OCCCOc2cc(C(=O)O)cc(C(=O)O)c2)cc(C(=O)O)c1. The van der Waals surface area contributed by atoms with Crippen molar-refractivity contribution in [1.29, 1.82) is 0 Å². The van der Waals surface area contributed by atoms with Gasteiger partial charge in [-0.2, -0.15) is 0 Å². The molecule has 0 saturated carbocycles. The predicted octanol–water partition coefficient (Wildman–Crippen LogP) is 2.33. The van der Waals surface area contributed by atoms with E-state index in [9.17, 15) is 19.2 Å². The molecule has 29 heavy (non-hydrogen) atoms. The molecular weight excluding hydrogens is 388 g/mol. The van der Waals surface area contributed by atoms with Crippen LogP contribution < -0.4 is 9.47 Å². The summed E-state index contributed by atoms with van der Waals surface area (Å²) in [4.78, 5) is 44.2. The van der Waals surface area contributed by atoms with Gasteiger partial charge < -0.3 is 29.9 Å². The monoisotopic (exact) mass is 404 g/mol. The number of benzene rings is 2. The molecule has 4 N–H and O–H groups in total. The van der Waals surface area contributed by atoms with Gasteiger partial charge in [-0.1, -0.05) is 0 Å². The summed E-state index contributed by atoms with van der Waals surface area (Å²) in [6.07, 6.45) is 0.277. The Morgan fingerprint density at radius 2 is 0.828 bits per heavy atom. The van der Waals surface area contributed by atoms with E-state index >= 15 is 0 Å². The summed E-state index contributed by atoms with van der Waals surface area (Å²) in [6.45, 7) is 0.0963. The van der Waals surface area contributed by atoms with E-state index in [0.717, 1.165) is 12.1 Å². The molecule has 2 aromatic rings. The fourth-order valence-electron chi connectivity index (χ4n) is 2.30. The van der Waals surface area contributed by atoms with Crippen molar-refractivity contribution >= 4 is 23.9 Å². The molecule has 10 nitrogen and oxygen atoms in total. The van der Waals surface area contributed by atoms with Crippen molar-refractivity contribution in [3.05, 3.63) is 58.7 Å². The van der Waals surface area contributed by atoms with Gasteiger partial charge in [-0.3, -0.25) is 0 Å². The minimum Gasteiger partial charge on any atom is -0.493 e. The van der Waals surface area contributed by atoms with E-state index in [2.05, 4.69) is 0 Å². The first kappa shape index (κ1) is 21.2. The number of hydrogen-bond donors (Lipinski definition) is 4. The van der Waals surface area contributed by atoms with E-state index in [1.54, 1.807) is 0 Å². The number of carboxylic acids is 4. The Labute approximate surface area is 163 Å². The van der Waals surface area contributed by atoms with Crippen LogP contribution in [0, 0.1) is 0 Å². The lowest BCUT2D eigenvalue weighted by Crippen LogP contribution is -2.08.